The lowest BCUT2D eigenvalue weighted by molar-refractivity contribution is 0.394. The summed E-state index contributed by atoms with van der Waals surface area (Å²) in [5, 5.41) is 7.36. The summed E-state index contributed by atoms with van der Waals surface area (Å²) in [5.41, 5.74) is 3.89. The van der Waals surface area contributed by atoms with Crippen molar-refractivity contribution in [2.45, 2.75) is 13.0 Å². The Morgan fingerprint density at radius 1 is 1.26 bits per heavy atom. The third kappa shape index (κ3) is 2.29. The Labute approximate surface area is 112 Å². The number of sulfonamides is 1. The maximum atomic E-state index is 11.7. The van der Waals surface area contributed by atoms with Crippen molar-refractivity contribution in [1.29, 1.82) is 0 Å². The van der Waals surface area contributed by atoms with Crippen LogP contribution in [0.1, 0.15) is 11.3 Å². The molecule has 6 heteroatoms. The highest BCUT2D eigenvalue weighted by Gasteiger charge is 2.27. The largest absolute Gasteiger partial charge is 0.282 e. The summed E-state index contributed by atoms with van der Waals surface area (Å²) in [7, 11) is -3.15. The number of hydrogen-bond acceptors (Lipinski definition) is 3. The summed E-state index contributed by atoms with van der Waals surface area (Å²) in [6, 6.07) is 9.82. The Morgan fingerprint density at radius 3 is 2.68 bits per heavy atom. The van der Waals surface area contributed by atoms with Crippen molar-refractivity contribution in [2.24, 2.45) is 0 Å². The molecule has 0 saturated heterocycles. The molecule has 5 nitrogen and oxygen atoms in total. The van der Waals surface area contributed by atoms with Gasteiger partial charge >= 0.3 is 0 Å². The number of hydrogen-bond donors (Lipinski definition) is 1. The summed E-state index contributed by atoms with van der Waals surface area (Å²) < 4.78 is 24.8. The number of rotatable bonds is 2. The van der Waals surface area contributed by atoms with Gasteiger partial charge in [0.1, 0.15) is 0 Å². The molecule has 1 aliphatic rings. The Hall–Kier alpha value is -1.66. The second-order valence-electron chi connectivity index (χ2n) is 4.74. The van der Waals surface area contributed by atoms with Gasteiger partial charge in [-0.25, -0.2) is 8.42 Å². The molecule has 19 heavy (non-hydrogen) atoms. The first-order chi connectivity index (χ1) is 9.05. The van der Waals surface area contributed by atoms with E-state index in [1.165, 1.54) is 10.6 Å². The van der Waals surface area contributed by atoms with Crippen molar-refractivity contribution in [3.8, 4) is 11.3 Å². The second-order valence-corrected chi connectivity index (χ2v) is 6.72. The van der Waals surface area contributed by atoms with E-state index in [2.05, 4.69) is 10.2 Å². The minimum atomic E-state index is -3.15. The topological polar surface area (TPSA) is 66.1 Å². The molecule has 0 radical (unpaired) electrons. The van der Waals surface area contributed by atoms with Crippen LogP contribution >= 0.6 is 0 Å². The lowest BCUT2D eigenvalue weighted by Crippen LogP contribution is -2.35. The van der Waals surface area contributed by atoms with Crippen LogP contribution in [0.25, 0.3) is 11.3 Å². The Morgan fingerprint density at radius 2 is 2.00 bits per heavy atom. The molecule has 1 aromatic carbocycles. The van der Waals surface area contributed by atoms with Gasteiger partial charge in [-0.2, -0.15) is 9.40 Å². The average Bonchev–Trinajstić information content (AvgIpc) is 2.81. The first kappa shape index (κ1) is 12.4. The van der Waals surface area contributed by atoms with Gasteiger partial charge in [-0.15, -0.1) is 0 Å². The molecule has 3 rings (SSSR count). The highest BCUT2D eigenvalue weighted by Crippen LogP contribution is 2.28. The van der Waals surface area contributed by atoms with Crippen molar-refractivity contribution in [3.63, 3.8) is 0 Å². The minimum absolute atomic E-state index is 0.398. The normalized spacial score (nSPS) is 16.3. The molecule has 1 aromatic heterocycles. The van der Waals surface area contributed by atoms with Crippen LogP contribution in [-0.2, 0) is 23.0 Å². The van der Waals surface area contributed by atoms with E-state index in [0.717, 1.165) is 22.5 Å². The number of aromatic amines is 1. The van der Waals surface area contributed by atoms with Crippen LogP contribution in [0, 0.1) is 0 Å². The van der Waals surface area contributed by atoms with Crippen LogP contribution < -0.4 is 0 Å². The number of nitrogens with one attached hydrogen (secondary N) is 1. The number of benzene rings is 1. The van der Waals surface area contributed by atoms with E-state index in [0.29, 0.717) is 19.5 Å². The van der Waals surface area contributed by atoms with Gasteiger partial charge in [0.15, 0.2) is 0 Å². The molecule has 1 aliphatic heterocycles. The molecular formula is C13H15N3O2S. The monoisotopic (exact) mass is 277 g/mol. The molecule has 1 N–H and O–H groups in total. The van der Waals surface area contributed by atoms with Gasteiger partial charge < -0.3 is 0 Å². The zero-order valence-corrected chi connectivity index (χ0v) is 11.4. The van der Waals surface area contributed by atoms with Gasteiger partial charge in [-0.3, -0.25) is 5.10 Å². The predicted molar refractivity (Wildman–Crippen MR) is 73.0 cm³/mol. The smallest absolute Gasteiger partial charge is 0.211 e. The zero-order valence-electron chi connectivity index (χ0n) is 10.6. The minimum Gasteiger partial charge on any atom is -0.282 e. The van der Waals surface area contributed by atoms with E-state index in [-0.39, 0.29) is 0 Å². The number of fused-ring (bicyclic) bond motifs is 1. The first-order valence-electron chi connectivity index (χ1n) is 6.12. The number of nitrogens with zero attached hydrogens (tertiary/aromatic N) is 2. The van der Waals surface area contributed by atoms with Gasteiger partial charge in [0.25, 0.3) is 0 Å². The van der Waals surface area contributed by atoms with E-state index < -0.39 is 10.0 Å². The van der Waals surface area contributed by atoms with Gasteiger partial charge in [-0.05, 0) is 0 Å². The summed E-state index contributed by atoms with van der Waals surface area (Å²) in [5.74, 6) is 0. The Kier molecular flexibility index (Phi) is 2.91. The molecule has 2 heterocycles. The number of H-pyrrole nitrogens is 1. The van der Waals surface area contributed by atoms with Crippen molar-refractivity contribution in [2.75, 3.05) is 12.8 Å². The third-order valence-electron chi connectivity index (χ3n) is 3.41. The fourth-order valence-electron chi connectivity index (χ4n) is 2.39. The van der Waals surface area contributed by atoms with E-state index in [9.17, 15) is 8.42 Å². The van der Waals surface area contributed by atoms with Gasteiger partial charge in [-0.1, -0.05) is 30.3 Å². The Balaban J connectivity index is 2.02. The summed E-state index contributed by atoms with van der Waals surface area (Å²) in [6.45, 7) is 0.914. The van der Waals surface area contributed by atoms with Crippen LogP contribution in [0.15, 0.2) is 30.3 Å². The standard InChI is InChI=1S/C13H15N3O2S/c1-19(17,18)16-8-7-12-11(9-16)13(15-14-12)10-5-3-2-4-6-10/h2-6H,7-9H2,1H3,(H,14,15). The summed E-state index contributed by atoms with van der Waals surface area (Å²) in [4.78, 5) is 0. The van der Waals surface area contributed by atoms with E-state index in [1.807, 2.05) is 30.3 Å². The fraction of sp³-hybridized carbons (Fsp3) is 0.308. The zero-order chi connectivity index (χ0) is 13.5. The molecule has 100 valence electrons. The van der Waals surface area contributed by atoms with Crippen LogP contribution in [0.4, 0.5) is 0 Å². The molecule has 0 amide bonds. The average molecular weight is 277 g/mol. The molecule has 0 saturated carbocycles. The Bertz CT molecular complexity index is 692. The van der Waals surface area contributed by atoms with Crippen molar-refractivity contribution in [3.05, 3.63) is 41.6 Å². The SMILES string of the molecule is CS(=O)(=O)N1CCc2[nH]nc(-c3ccccc3)c2C1. The molecule has 2 aromatic rings. The highest BCUT2D eigenvalue weighted by molar-refractivity contribution is 7.88. The molecule has 0 bridgehead atoms. The summed E-state index contributed by atoms with van der Waals surface area (Å²) >= 11 is 0. The molecule has 0 fully saturated rings. The van der Waals surface area contributed by atoms with Gasteiger partial charge in [0.2, 0.25) is 10.0 Å². The lowest BCUT2D eigenvalue weighted by Gasteiger charge is -2.24. The van der Waals surface area contributed by atoms with Crippen LogP contribution in [0.3, 0.4) is 0 Å². The van der Waals surface area contributed by atoms with Crippen LogP contribution in [0.2, 0.25) is 0 Å². The predicted octanol–water partition coefficient (Wildman–Crippen LogP) is 1.39. The van der Waals surface area contributed by atoms with E-state index in [1.54, 1.807) is 0 Å². The van der Waals surface area contributed by atoms with Crippen molar-refractivity contribution >= 4 is 10.0 Å². The third-order valence-corrected chi connectivity index (χ3v) is 4.66. The maximum Gasteiger partial charge on any atom is 0.211 e. The molecular weight excluding hydrogens is 262 g/mol. The van der Waals surface area contributed by atoms with Crippen molar-refractivity contribution in [1.82, 2.24) is 14.5 Å². The number of aromatic nitrogens is 2. The van der Waals surface area contributed by atoms with E-state index in [4.69, 9.17) is 0 Å². The van der Waals surface area contributed by atoms with Gasteiger partial charge in [0.05, 0.1) is 11.9 Å². The van der Waals surface area contributed by atoms with Crippen LogP contribution in [0.5, 0.6) is 0 Å². The van der Waals surface area contributed by atoms with Gasteiger partial charge in [0, 0.05) is 36.3 Å². The fourth-order valence-corrected chi connectivity index (χ4v) is 3.17. The van der Waals surface area contributed by atoms with E-state index >= 15 is 0 Å². The van der Waals surface area contributed by atoms with Crippen LogP contribution in [-0.4, -0.2) is 35.7 Å². The first-order valence-corrected chi connectivity index (χ1v) is 7.97. The quantitative estimate of drug-likeness (QED) is 0.902. The maximum absolute atomic E-state index is 11.7. The molecule has 0 atom stereocenters. The molecule has 0 aliphatic carbocycles. The molecule has 0 spiro atoms. The lowest BCUT2D eigenvalue weighted by atomic mass is 10.0. The summed E-state index contributed by atoms with van der Waals surface area (Å²) in [6.07, 6.45) is 1.93. The van der Waals surface area contributed by atoms with Crippen molar-refractivity contribution < 1.29 is 8.42 Å². The second kappa shape index (κ2) is 4.47. The molecule has 0 unspecified atom stereocenters. The highest BCUT2D eigenvalue weighted by atomic mass is 32.2.